The van der Waals surface area contributed by atoms with Gasteiger partial charge in [-0.2, -0.15) is 0 Å². The van der Waals surface area contributed by atoms with Gasteiger partial charge in [0.1, 0.15) is 42.0 Å². The Kier molecular flexibility index (Phi) is 27.9. The van der Waals surface area contributed by atoms with Crippen LogP contribution in [0.5, 0.6) is 11.5 Å². The second-order valence-corrected chi connectivity index (χ2v) is 20.8. The van der Waals surface area contributed by atoms with E-state index >= 15 is 0 Å². The van der Waals surface area contributed by atoms with Crippen molar-refractivity contribution < 1.29 is 47.4 Å². The van der Waals surface area contributed by atoms with Crippen LogP contribution in [0.2, 0.25) is 0 Å². The number of unbranched alkanes of at least 4 members (excludes halogenated alkanes) is 11. The quantitative estimate of drug-likeness (QED) is 0.0372. The Morgan fingerprint density at radius 2 is 0.823 bits per heavy atom. The number of rotatable bonds is 39. The van der Waals surface area contributed by atoms with Gasteiger partial charge in [0.2, 0.25) is 0 Å². The third kappa shape index (κ3) is 21.9. The molecule has 1 saturated heterocycles. The fourth-order valence-corrected chi connectivity index (χ4v) is 10.1. The lowest BCUT2D eigenvalue weighted by atomic mass is 9.97. The zero-order valence-corrected chi connectivity index (χ0v) is 47.3. The molecule has 0 aromatic heterocycles. The fourth-order valence-electron chi connectivity index (χ4n) is 10.1. The highest BCUT2D eigenvalue weighted by molar-refractivity contribution is 5.28. The van der Waals surface area contributed by atoms with Gasteiger partial charge in [-0.1, -0.05) is 230 Å². The summed E-state index contributed by atoms with van der Waals surface area (Å²) in [5, 5.41) is 0. The van der Waals surface area contributed by atoms with E-state index in [1.165, 1.54) is 64.2 Å². The minimum atomic E-state index is -0.949. The molecule has 2 N–H and O–H groups in total. The first-order valence-electron chi connectivity index (χ1n) is 29.1. The predicted molar refractivity (Wildman–Crippen MR) is 313 cm³/mol. The third-order valence-corrected chi connectivity index (χ3v) is 14.6. The van der Waals surface area contributed by atoms with Crippen LogP contribution in [-0.4, -0.2) is 76.4 Å². The predicted octanol–water partition coefficient (Wildman–Crippen LogP) is 14.3. The number of ether oxygens (including phenoxy) is 10. The summed E-state index contributed by atoms with van der Waals surface area (Å²) in [6.45, 7) is 4.50. The van der Waals surface area contributed by atoms with Crippen LogP contribution in [0.25, 0.3) is 0 Å². The van der Waals surface area contributed by atoms with Gasteiger partial charge in [0.15, 0.2) is 6.29 Å². The number of methoxy groups -OCH3 is 2. The van der Waals surface area contributed by atoms with Crippen molar-refractivity contribution in [2.45, 2.75) is 179 Å². The first kappa shape index (κ1) is 61.2. The van der Waals surface area contributed by atoms with Gasteiger partial charge in [0.05, 0.1) is 79.2 Å². The van der Waals surface area contributed by atoms with Crippen LogP contribution in [0.4, 0.5) is 0 Å². The van der Waals surface area contributed by atoms with Gasteiger partial charge in [-0.15, -0.1) is 0 Å². The summed E-state index contributed by atoms with van der Waals surface area (Å²) in [5.74, 6) is 1.57. The molecule has 6 aromatic rings. The maximum atomic E-state index is 7.44. The van der Waals surface area contributed by atoms with Gasteiger partial charge in [-0.3, -0.25) is 0 Å². The number of nitrogens with two attached hydrogens (primary N) is 1. The first-order chi connectivity index (χ1) is 39.0. The topological polar surface area (TPSA) is 118 Å². The van der Waals surface area contributed by atoms with Crippen LogP contribution < -0.4 is 15.2 Å². The SMILES string of the molecule is CCCCCCCCCCCCCC[C@@H](OCc1ccc(OC)cc1)[C@@H](OCc1ccc(OC)cc1)[C@@H](N)CO[C@H]1O[C@H](COCc2ccccc2)[C@H](OCc2ccccc2)[C@H](OCc2ccccc2)[C@H]1OCc1ccccc1. The molecule has 8 atom stereocenters. The molecule has 79 heavy (non-hydrogen) atoms. The van der Waals surface area contributed by atoms with Gasteiger partial charge in [0, 0.05) is 0 Å². The summed E-state index contributed by atoms with van der Waals surface area (Å²) in [4.78, 5) is 0. The van der Waals surface area contributed by atoms with E-state index in [0.29, 0.717) is 33.0 Å². The molecule has 426 valence electrons. The highest BCUT2D eigenvalue weighted by Crippen LogP contribution is 2.33. The average Bonchev–Trinajstić information content (AvgIpc) is 3.54. The van der Waals surface area contributed by atoms with E-state index in [4.69, 9.17) is 53.1 Å². The molecule has 0 saturated carbocycles. The molecule has 7 rings (SSSR count). The largest absolute Gasteiger partial charge is 0.497 e. The molecule has 11 nitrogen and oxygen atoms in total. The molecular weight excluding hydrogens is 991 g/mol. The molecule has 1 heterocycles. The monoisotopic (exact) mass is 1080 g/mol. The molecule has 0 radical (unpaired) electrons. The van der Waals surface area contributed by atoms with Crippen molar-refractivity contribution in [2.24, 2.45) is 5.73 Å². The lowest BCUT2D eigenvalue weighted by Gasteiger charge is -2.46. The fraction of sp³-hybridized carbons (Fsp3) is 0.471. The zero-order chi connectivity index (χ0) is 55.0. The molecule has 0 unspecified atom stereocenters. The van der Waals surface area contributed by atoms with Crippen molar-refractivity contribution in [3.63, 3.8) is 0 Å². The van der Waals surface area contributed by atoms with Gasteiger partial charge >= 0.3 is 0 Å². The number of hydrogen-bond acceptors (Lipinski definition) is 11. The normalized spacial score (nSPS) is 18.5. The Labute approximate surface area is 472 Å². The Hall–Kier alpha value is -5.44. The smallest absolute Gasteiger partial charge is 0.187 e. The molecule has 0 spiro atoms. The average molecular weight is 1080 g/mol. The van der Waals surface area contributed by atoms with E-state index in [-0.39, 0.29) is 25.9 Å². The minimum absolute atomic E-state index is 0.0581. The molecule has 1 fully saturated rings. The van der Waals surface area contributed by atoms with E-state index < -0.39 is 42.9 Å². The van der Waals surface area contributed by atoms with E-state index in [2.05, 4.69) is 43.3 Å². The van der Waals surface area contributed by atoms with Gasteiger partial charge in [0.25, 0.3) is 0 Å². The lowest BCUT2D eigenvalue weighted by molar-refractivity contribution is -0.329. The standard InChI is InChI=1S/C68H89NO10/c1-4-5-6-7-8-9-10-11-12-13-14-27-36-62(73-46-57-37-41-59(70-2)42-38-57)64(74-50-58-39-43-60(71-3)44-40-58)61(69)51-78-68-67(77-49-56-34-25-18-26-35-56)66(76-48-55-32-23-17-24-33-55)65(75-47-54-30-21-16-22-31-54)63(79-68)52-72-45-53-28-19-15-20-29-53/h15-26,28-35,37-44,61-68H,4-14,27,36,45-52,69H2,1-3H3/t61-,62+,63+,64-,65-,66-,67+,68-/m0/s1. The van der Waals surface area contributed by atoms with Gasteiger partial charge in [-0.25, -0.2) is 0 Å². The van der Waals surface area contributed by atoms with E-state index in [1.54, 1.807) is 14.2 Å². The summed E-state index contributed by atoms with van der Waals surface area (Å²) in [5.41, 5.74) is 13.5. The molecule has 1 aliphatic rings. The van der Waals surface area contributed by atoms with E-state index in [9.17, 15) is 0 Å². The van der Waals surface area contributed by atoms with Crippen LogP contribution >= 0.6 is 0 Å². The lowest BCUT2D eigenvalue weighted by Crippen LogP contribution is -2.62. The summed E-state index contributed by atoms with van der Waals surface area (Å²) in [6, 6.07) is 55.8. The van der Waals surface area contributed by atoms with Crippen molar-refractivity contribution >= 4 is 0 Å². The molecule has 0 bridgehead atoms. The number of benzene rings is 6. The Balaban J connectivity index is 1.15. The third-order valence-electron chi connectivity index (χ3n) is 14.6. The summed E-state index contributed by atoms with van der Waals surface area (Å²) >= 11 is 0. The van der Waals surface area contributed by atoms with Crippen LogP contribution in [0.15, 0.2) is 170 Å². The Morgan fingerprint density at radius 1 is 0.418 bits per heavy atom. The van der Waals surface area contributed by atoms with Crippen molar-refractivity contribution in [2.75, 3.05) is 27.4 Å². The van der Waals surface area contributed by atoms with Gasteiger partial charge < -0.3 is 53.1 Å². The highest BCUT2D eigenvalue weighted by atomic mass is 16.7. The van der Waals surface area contributed by atoms with E-state index in [1.807, 2.05) is 133 Å². The zero-order valence-electron chi connectivity index (χ0n) is 47.3. The minimum Gasteiger partial charge on any atom is -0.497 e. The maximum absolute atomic E-state index is 7.44. The summed E-state index contributed by atoms with van der Waals surface area (Å²) in [6.07, 6.45) is 11.3. The second kappa shape index (κ2) is 36.0. The van der Waals surface area contributed by atoms with Crippen LogP contribution in [0.3, 0.4) is 0 Å². The van der Waals surface area contributed by atoms with Crippen LogP contribution in [0, 0.1) is 0 Å². The summed E-state index contributed by atoms with van der Waals surface area (Å²) < 4.78 is 66.4. The maximum Gasteiger partial charge on any atom is 0.187 e. The molecule has 11 heteroatoms. The van der Waals surface area contributed by atoms with Crippen molar-refractivity contribution in [3.8, 4) is 11.5 Å². The van der Waals surface area contributed by atoms with Crippen molar-refractivity contribution in [1.82, 2.24) is 0 Å². The van der Waals surface area contributed by atoms with Gasteiger partial charge in [-0.05, 0) is 64.1 Å². The van der Waals surface area contributed by atoms with Crippen molar-refractivity contribution in [1.29, 1.82) is 0 Å². The van der Waals surface area contributed by atoms with Crippen molar-refractivity contribution in [3.05, 3.63) is 203 Å². The summed E-state index contributed by atoms with van der Waals surface area (Å²) in [7, 11) is 3.35. The molecule has 6 aromatic carbocycles. The second-order valence-electron chi connectivity index (χ2n) is 20.8. The molecule has 1 aliphatic heterocycles. The molecule has 0 amide bonds. The highest BCUT2D eigenvalue weighted by Gasteiger charge is 2.49. The van der Waals surface area contributed by atoms with Crippen LogP contribution in [-0.2, 0) is 77.5 Å². The Morgan fingerprint density at radius 3 is 1.29 bits per heavy atom. The number of hydrogen-bond donors (Lipinski definition) is 1. The molecular formula is C68H89NO10. The first-order valence-corrected chi connectivity index (χ1v) is 29.1. The van der Waals surface area contributed by atoms with Crippen LogP contribution in [0.1, 0.15) is 124 Å². The van der Waals surface area contributed by atoms with E-state index in [0.717, 1.165) is 64.1 Å². The molecule has 0 aliphatic carbocycles. The Bertz CT molecular complexity index is 2450.